The fraction of sp³-hybridized carbons (Fsp3) is 0.684. The van der Waals surface area contributed by atoms with E-state index in [1.807, 2.05) is 0 Å². The molecule has 0 aromatic heterocycles. The number of hydrogen-bond acceptors (Lipinski definition) is 1. The number of rotatable bonds is 10. The Balaban J connectivity index is 2.72. The molecule has 0 aliphatic heterocycles. The van der Waals surface area contributed by atoms with Crippen LogP contribution in [0.3, 0.4) is 0 Å². The van der Waals surface area contributed by atoms with Gasteiger partial charge < -0.3 is 4.74 Å². The monoisotopic (exact) mass is 534 g/mol. The van der Waals surface area contributed by atoms with Crippen molar-refractivity contribution in [3.63, 3.8) is 0 Å². The zero-order valence-corrected chi connectivity index (χ0v) is 28.6. The smallest absolute Gasteiger partial charge is 0.0707 e. The highest BCUT2D eigenvalue weighted by Gasteiger charge is 2.51. The van der Waals surface area contributed by atoms with Gasteiger partial charge >= 0.3 is 0 Å². The molecular weight excluding hydrogens is 472 g/mol. The molecule has 2 aromatic rings. The second-order valence-electron chi connectivity index (χ2n) is 17.3. The Morgan fingerprint density at radius 1 is 0.487 bits per heavy atom. The third-order valence-electron chi connectivity index (χ3n) is 8.45. The van der Waals surface area contributed by atoms with Crippen molar-refractivity contribution in [1.82, 2.24) is 0 Å². The van der Waals surface area contributed by atoms with Crippen molar-refractivity contribution in [2.75, 3.05) is 0 Å². The maximum atomic E-state index is 7.57. The lowest BCUT2D eigenvalue weighted by molar-refractivity contribution is -0.176. The fourth-order valence-electron chi connectivity index (χ4n) is 9.03. The molecule has 2 aromatic carbocycles. The zero-order chi connectivity index (χ0) is 30.2. The molecule has 0 radical (unpaired) electrons. The van der Waals surface area contributed by atoms with Crippen molar-refractivity contribution in [3.05, 3.63) is 70.8 Å². The van der Waals surface area contributed by atoms with E-state index in [1.165, 1.54) is 22.3 Å². The van der Waals surface area contributed by atoms with Gasteiger partial charge in [0.05, 0.1) is 11.2 Å². The summed E-state index contributed by atoms with van der Waals surface area (Å²) in [5.41, 5.74) is 5.22. The number of benzene rings is 2. The maximum absolute atomic E-state index is 7.57. The summed E-state index contributed by atoms with van der Waals surface area (Å²) >= 11 is 0. The molecule has 0 fully saturated rings. The standard InChI is InChI=1S/C38H62O/c1-27-21-17-19-23-29(27)31(35(9,10)25-33(3,4)5)37(13,14)39-38(15,16)32(30-24-20-18-22-28(30)2)36(11,12)26-34(6,7)8/h17-24,31-32H,25-26H2,1-16H3. The van der Waals surface area contributed by atoms with Gasteiger partial charge in [0.1, 0.15) is 0 Å². The lowest BCUT2D eigenvalue weighted by atomic mass is 9.59. The number of ether oxygens (including phenoxy) is 1. The molecule has 220 valence electrons. The van der Waals surface area contributed by atoms with E-state index in [0.29, 0.717) is 0 Å². The fourth-order valence-corrected chi connectivity index (χ4v) is 9.03. The van der Waals surface area contributed by atoms with E-state index in [0.717, 1.165) is 12.8 Å². The third kappa shape index (κ3) is 8.69. The molecule has 0 aliphatic carbocycles. The van der Waals surface area contributed by atoms with Crippen molar-refractivity contribution in [2.24, 2.45) is 21.7 Å². The van der Waals surface area contributed by atoms with Gasteiger partial charge in [0.15, 0.2) is 0 Å². The molecule has 2 rings (SSSR count). The van der Waals surface area contributed by atoms with Crippen molar-refractivity contribution < 1.29 is 4.74 Å². The second kappa shape index (κ2) is 11.3. The Kier molecular flexibility index (Phi) is 9.78. The van der Waals surface area contributed by atoms with E-state index in [2.05, 4.69) is 159 Å². The molecule has 1 heteroatoms. The zero-order valence-electron chi connectivity index (χ0n) is 28.6. The predicted molar refractivity (Wildman–Crippen MR) is 173 cm³/mol. The molecular formula is C38H62O. The summed E-state index contributed by atoms with van der Waals surface area (Å²) in [5.74, 6) is 0.459. The van der Waals surface area contributed by atoms with Crippen LogP contribution >= 0.6 is 0 Å². The van der Waals surface area contributed by atoms with Crippen LogP contribution in [-0.4, -0.2) is 11.2 Å². The lowest BCUT2D eigenvalue weighted by Gasteiger charge is -2.54. The van der Waals surface area contributed by atoms with Gasteiger partial charge in [0.2, 0.25) is 0 Å². The van der Waals surface area contributed by atoms with Crippen LogP contribution in [0.2, 0.25) is 0 Å². The van der Waals surface area contributed by atoms with E-state index < -0.39 is 11.2 Å². The second-order valence-corrected chi connectivity index (χ2v) is 17.3. The first-order chi connectivity index (χ1) is 17.4. The minimum atomic E-state index is -0.400. The summed E-state index contributed by atoms with van der Waals surface area (Å²) in [6, 6.07) is 17.9. The Labute approximate surface area is 243 Å². The van der Waals surface area contributed by atoms with E-state index in [-0.39, 0.29) is 33.5 Å². The summed E-state index contributed by atoms with van der Waals surface area (Å²) in [4.78, 5) is 0. The highest BCUT2D eigenvalue weighted by Crippen LogP contribution is 2.56. The van der Waals surface area contributed by atoms with Gasteiger partial charge in [-0.25, -0.2) is 0 Å². The molecule has 2 unspecified atom stereocenters. The van der Waals surface area contributed by atoms with Crippen LogP contribution in [0.5, 0.6) is 0 Å². The van der Waals surface area contributed by atoms with E-state index in [1.54, 1.807) is 0 Å². The highest BCUT2D eigenvalue weighted by atomic mass is 16.5. The summed E-state index contributed by atoms with van der Waals surface area (Å²) in [7, 11) is 0. The van der Waals surface area contributed by atoms with Gasteiger partial charge in [0.25, 0.3) is 0 Å². The lowest BCUT2D eigenvalue weighted by Crippen LogP contribution is -2.52. The first kappa shape index (κ1) is 33.6. The Hall–Kier alpha value is -1.60. The number of hydrogen-bond donors (Lipinski definition) is 0. The normalized spacial score (nSPS) is 15.8. The highest BCUT2D eigenvalue weighted by molar-refractivity contribution is 5.35. The van der Waals surface area contributed by atoms with Crippen LogP contribution in [0.4, 0.5) is 0 Å². The molecule has 0 N–H and O–H groups in total. The molecule has 39 heavy (non-hydrogen) atoms. The van der Waals surface area contributed by atoms with Gasteiger partial charge in [0, 0.05) is 11.8 Å². The topological polar surface area (TPSA) is 9.23 Å². The van der Waals surface area contributed by atoms with Gasteiger partial charge in [-0.15, -0.1) is 0 Å². The molecule has 0 spiro atoms. The first-order valence-corrected chi connectivity index (χ1v) is 15.2. The molecule has 0 aliphatic rings. The van der Waals surface area contributed by atoms with E-state index in [9.17, 15) is 0 Å². The van der Waals surface area contributed by atoms with Crippen molar-refractivity contribution >= 4 is 0 Å². The molecule has 0 heterocycles. The van der Waals surface area contributed by atoms with E-state index >= 15 is 0 Å². The largest absolute Gasteiger partial charge is 0.368 e. The van der Waals surface area contributed by atoms with Gasteiger partial charge in [-0.1, -0.05) is 118 Å². The molecule has 0 saturated heterocycles. The quantitative estimate of drug-likeness (QED) is 0.294. The molecule has 0 bridgehead atoms. The Bertz CT molecular complexity index is 997. The van der Waals surface area contributed by atoms with Crippen molar-refractivity contribution in [1.29, 1.82) is 0 Å². The molecule has 0 saturated carbocycles. The van der Waals surface area contributed by atoms with Crippen LogP contribution in [0.15, 0.2) is 48.5 Å². The summed E-state index contributed by atoms with van der Waals surface area (Å²) in [6.45, 7) is 37.9. The average molecular weight is 535 g/mol. The van der Waals surface area contributed by atoms with Gasteiger partial charge in [-0.05, 0) is 98.3 Å². The SMILES string of the molecule is Cc1ccccc1C(C(C)(C)CC(C)(C)C)C(C)(C)OC(C)(C)C(c1ccccc1C)C(C)(C)CC(C)(C)C. The Morgan fingerprint density at radius 2 is 0.769 bits per heavy atom. The average Bonchev–Trinajstić information content (AvgIpc) is 2.66. The van der Waals surface area contributed by atoms with E-state index in [4.69, 9.17) is 4.74 Å². The van der Waals surface area contributed by atoms with Crippen molar-refractivity contribution in [3.8, 4) is 0 Å². The van der Waals surface area contributed by atoms with Gasteiger partial charge in [-0.2, -0.15) is 0 Å². The predicted octanol–water partition coefficient (Wildman–Crippen LogP) is 11.7. The minimum absolute atomic E-state index is 0.0308. The van der Waals surface area contributed by atoms with Gasteiger partial charge in [-0.3, -0.25) is 0 Å². The van der Waals surface area contributed by atoms with Crippen LogP contribution in [-0.2, 0) is 4.74 Å². The van der Waals surface area contributed by atoms with Crippen LogP contribution < -0.4 is 0 Å². The van der Waals surface area contributed by atoms with Crippen LogP contribution in [0.25, 0.3) is 0 Å². The van der Waals surface area contributed by atoms with Crippen molar-refractivity contribution in [2.45, 2.75) is 147 Å². The third-order valence-corrected chi connectivity index (χ3v) is 8.45. The summed E-state index contributed by atoms with van der Waals surface area (Å²) in [6.07, 6.45) is 2.23. The van der Waals surface area contributed by atoms with Crippen LogP contribution in [0.1, 0.15) is 144 Å². The molecule has 2 atom stereocenters. The minimum Gasteiger partial charge on any atom is -0.368 e. The molecule has 1 nitrogen and oxygen atoms in total. The molecule has 0 amide bonds. The summed E-state index contributed by atoms with van der Waals surface area (Å²) < 4.78 is 7.57. The maximum Gasteiger partial charge on any atom is 0.0707 e. The van der Waals surface area contributed by atoms with Crippen LogP contribution in [0, 0.1) is 35.5 Å². The number of aryl methyl sites for hydroxylation is 2. The first-order valence-electron chi connectivity index (χ1n) is 15.2. The summed E-state index contributed by atoms with van der Waals surface area (Å²) in [5, 5.41) is 0. The Morgan fingerprint density at radius 3 is 1.03 bits per heavy atom.